The molecule has 10 heavy (non-hydrogen) atoms. The van der Waals surface area contributed by atoms with Gasteiger partial charge in [-0.25, -0.2) is 0 Å². The Labute approximate surface area is 79.7 Å². The van der Waals surface area contributed by atoms with Gasteiger partial charge in [-0.2, -0.15) is 0 Å². The van der Waals surface area contributed by atoms with E-state index >= 15 is 0 Å². The van der Waals surface area contributed by atoms with Crippen LogP contribution in [0.4, 0.5) is 0 Å². The first-order valence-corrected chi connectivity index (χ1v) is 9.28. The van der Waals surface area contributed by atoms with Crippen LogP contribution in [-0.4, -0.2) is 18.2 Å². The summed E-state index contributed by atoms with van der Waals surface area (Å²) in [5, 5.41) is 0. The van der Waals surface area contributed by atoms with Crippen molar-refractivity contribution in [1.29, 1.82) is 0 Å². The van der Waals surface area contributed by atoms with Gasteiger partial charge in [0.2, 0.25) is 0 Å². The summed E-state index contributed by atoms with van der Waals surface area (Å²) >= 11 is 3.80. The second-order valence-electron chi connectivity index (χ2n) is 3.60. The molecule has 0 atom stereocenters. The van der Waals surface area contributed by atoms with Crippen molar-refractivity contribution in [2.45, 2.75) is 37.2 Å². The monoisotopic (exact) mass is 214 g/mol. The summed E-state index contributed by atoms with van der Waals surface area (Å²) in [6, 6.07) is 0. The molecule has 0 N–H and O–H groups in total. The zero-order valence-corrected chi connectivity index (χ0v) is 9.78. The molecule has 0 unspecified atom stereocenters. The first-order valence-electron chi connectivity index (χ1n) is 4.39. The average molecular weight is 215 g/mol. The van der Waals surface area contributed by atoms with Crippen molar-refractivity contribution >= 4 is 31.1 Å². The van der Waals surface area contributed by atoms with Gasteiger partial charge in [-0.05, 0) is 5.92 Å². The van der Waals surface area contributed by atoms with Gasteiger partial charge in [-0.3, -0.25) is 0 Å². The summed E-state index contributed by atoms with van der Waals surface area (Å²) in [7, 11) is 0. The fourth-order valence-corrected chi connectivity index (χ4v) is 4.60. The van der Waals surface area contributed by atoms with Crippen molar-refractivity contribution in [2.75, 3.05) is 0 Å². The Bertz CT molecular complexity index is 87.3. The SMILES string of the molecule is CC1CCC([CH2][Mg][Br])CC1. The van der Waals surface area contributed by atoms with Gasteiger partial charge in [0, 0.05) is 0 Å². The van der Waals surface area contributed by atoms with E-state index in [0.717, 1.165) is 11.8 Å². The molecule has 0 nitrogen and oxygen atoms in total. The van der Waals surface area contributed by atoms with Crippen molar-refractivity contribution in [2.24, 2.45) is 11.8 Å². The zero-order chi connectivity index (χ0) is 7.40. The molecule has 0 saturated heterocycles. The van der Waals surface area contributed by atoms with Gasteiger partial charge in [0.05, 0.1) is 0 Å². The fraction of sp³-hybridized carbons (Fsp3) is 1.00. The summed E-state index contributed by atoms with van der Waals surface area (Å²) in [6.45, 7) is 2.39. The van der Waals surface area contributed by atoms with Crippen LogP contribution in [0.1, 0.15) is 32.6 Å². The molecule has 0 aromatic heterocycles. The number of hydrogen-bond donors (Lipinski definition) is 0. The first-order chi connectivity index (χ1) is 4.83. The fourth-order valence-electron chi connectivity index (χ4n) is 1.77. The van der Waals surface area contributed by atoms with Gasteiger partial charge in [-0.15, -0.1) is 4.55 Å². The molecule has 2 heteroatoms. The third-order valence-electron chi connectivity index (χ3n) is 2.65. The molecule has 0 bridgehead atoms. The molecule has 0 aromatic carbocycles. The normalized spacial score (nSPS) is 33.4. The molecule has 1 aliphatic rings. The zero-order valence-electron chi connectivity index (χ0n) is 6.78. The molecular weight excluding hydrogens is 200 g/mol. The van der Waals surface area contributed by atoms with Crippen LogP contribution in [0.15, 0.2) is 0 Å². The van der Waals surface area contributed by atoms with Crippen LogP contribution in [0.25, 0.3) is 0 Å². The molecule has 1 rings (SSSR count). The predicted molar refractivity (Wildman–Crippen MR) is 50.6 cm³/mol. The smallest absolute Gasteiger partial charge is 0.307 e. The average Bonchev–Trinajstić information content (AvgIpc) is 1.95. The minimum Gasteiger partial charge on any atom is -0.307 e. The van der Waals surface area contributed by atoms with Crippen LogP contribution in [0, 0.1) is 11.8 Å². The van der Waals surface area contributed by atoms with E-state index < -0.39 is 0 Å². The summed E-state index contributed by atoms with van der Waals surface area (Å²) in [6.07, 6.45) is 6.01. The third-order valence-corrected chi connectivity index (χ3v) is 5.06. The van der Waals surface area contributed by atoms with Crippen LogP contribution in [-0.2, 0) is 0 Å². The Balaban J connectivity index is 2.13. The molecule has 0 amide bonds. The van der Waals surface area contributed by atoms with Gasteiger partial charge < -0.3 is 12.9 Å². The Kier molecular flexibility index (Phi) is 4.66. The molecule has 56 valence electrons. The van der Waals surface area contributed by atoms with Crippen LogP contribution in [0.5, 0.6) is 0 Å². The van der Waals surface area contributed by atoms with Crippen molar-refractivity contribution in [3.63, 3.8) is 0 Å². The predicted octanol–water partition coefficient (Wildman–Crippen LogP) is 3.25. The Hall–Kier alpha value is 1.25. The Morgan fingerprint density at radius 1 is 1.30 bits per heavy atom. The van der Waals surface area contributed by atoms with Gasteiger partial charge >= 0.3 is 18.2 Å². The van der Waals surface area contributed by atoms with Crippen molar-refractivity contribution in [3.05, 3.63) is 0 Å². The maximum absolute atomic E-state index is 3.64. The van der Waals surface area contributed by atoms with Crippen LogP contribution < -0.4 is 0 Å². The lowest BCUT2D eigenvalue weighted by atomic mass is 9.84. The molecular formula is C8H15BrMg. The minimum absolute atomic E-state index is 0.165. The minimum atomic E-state index is 0.165. The van der Waals surface area contributed by atoms with Crippen LogP contribution in [0.3, 0.4) is 0 Å². The molecule has 0 radical (unpaired) electrons. The number of hydrogen-bond acceptors (Lipinski definition) is 0. The van der Waals surface area contributed by atoms with Gasteiger partial charge in [-0.1, -0.05) is 38.5 Å². The highest BCUT2D eigenvalue weighted by Gasteiger charge is 2.17. The molecule has 1 aliphatic carbocycles. The maximum atomic E-state index is 3.64. The summed E-state index contributed by atoms with van der Waals surface area (Å²) in [5.41, 5.74) is 0. The van der Waals surface area contributed by atoms with Crippen molar-refractivity contribution in [1.82, 2.24) is 0 Å². The number of halogens is 1. The lowest BCUT2D eigenvalue weighted by molar-refractivity contribution is 0.308. The van der Waals surface area contributed by atoms with Crippen molar-refractivity contribution < 1.29 is 0 Å². The van der Waals surface area contributed by atoms with Gasteiger partial charge in [0.1, 0.15) is 0 Å². The molecule has 0 aliphatic heterocycles. The largest absolute Gasteiger partial charge is 0.468 e. The van der Waals surface area contributed by atoms with E-state index in [1.165, 1.54) is 30.2 Å². The highest BCUT2D eigenvalue weighted by atomic mass is 79.9. The second-order valence-corrected chi connectivity index (χ2v) is 6.94. The molecule has 0 spiro atoms. The van der Waals surface area contributed by atoms with E-state index in [1.807, 2.05) is 0 Å². The standard InChI is InChI=1S/C8H15.BrH.Mg/c1-7-3-5-8(2)6-4-7;;/h7-8H,1,3-6H2,2H3;1H;/q;;+1/p-1. The van der Waals surface area contributed by atoms with E-state index in [0.29, 0.717) is 0 Å². The van der Waals surface area contributed by atoms with Crippen LogP contribution >= 0.6 is 12.9 Å². The summed E-state index contributed by atoms with van der Waals surface area (Å²) in [5.74, 6) is 2.12. The van der Waals surface area contributed by atoms with E-state index in [-0.39, 0.29) is 18.2 Å². The van der Waals surface area contributed by atoms with E-state index in [1.54, 1.807) is 0 Å². The van der Waals surface area contributed by atoms with E-state index in [2.05, 4.69) is 19.8 Å². The molecule has 1 fully saturated rings. The maximum Gasteiger partial charge on any atom is 0.468 e. The van der Waals surface area contributed by atoms with Gasteiger partial charge in [0.25, 0.3) is 0 Å². The quantitative estimate of drug-likeness (QED) is 0.620. The highest BCUT2D eigenvalue weighted by Crippen LogP contribution is 2.30. The lowest BCUT2D eigenvalue weighted by Crippen LogP contribution is -2.12. The summed E-state index contributed by atoms with van der Waals surface area (Å²) < 4.78 is 1.53. The lowest BCUT2D eigenvalue weighted by Gasteiger charge is -2.25. The topological polar surface area (TPSA) is 0 Å². The molecule has 0 heterocycles. The van der Waals surface area contributed by atoms with E-state index in [4.69, 9.17) is 0 Å². The number of rotatable bonds is 2. The van der Waals surface area contributed by atoms with E-state index in [9.17, 15) is 0 Å². The molecule has 0 aromatic rings. The highest BCUT2D eigenvalue weighted by molar-refractivity contribution is 9.23. The Morgan fingerprint density at radius 3 is 2.40 bits per heavy atom. The third kappa shape index (κ3) is 3.10. The molecule has 1 saturated carbocycles. The first kappa shape index (κ1) is 9.34. The van der Waals surface area contributed by atoms with Crippen LogP contribution in [0.2, 0.25) is 4.55 Å². The summed E-state index contributed by atoms with van der Waals surface area (Å²) in [4.78, 5) is 0. The van der Waals surface area contributed by atoms with Gasteiger partial charge in [0.15, 0.2) is 0 Å². The Morgan fingerprint density at radius 2 is 1.90 bits per heavy atom. The van der Waals surface area contributed by atoms with Crippen molar-refractivity contribution in [3.8, 4) is 0 Å². The second kappa shape index (κ2) is 4.99.